The Bertz CT molecular complexity index is 927. The Hall–Kier alpha value is -2.61. The van der Waals surface area contributed by atoms with Crippen LogP contribution in [-0.4, -0.2) is 77.4 Å². The van der Waals surface area contributed by atoms with Crippen molar-refractivity contribution in [3.63, 3.8) is 0 Å². The lowest BCUT2D eigenvalue weighted by Crippen LogP contribution is -2.54. The van der Waals surface area contributed by atoms with Crippen LogP contribution in [0.15, 0.2) is 18.2 Å². The van der Waals surface area contributed by atoms with E-state index >= 15 is 0 Å². The number of benzene rings is 1. The van der Waals surface area contributed by atoms with E-state index in [0.717, 1.165) is 62.6 Å². The van der Waals surface area contributed by atoms with Crippen molar-refractivity contribution in [2.75, 3.05) is 39.3 Å². The van der Waals surface area contributed by atoms with Crippen LogP contribution < -0.4 is 10.1 Å². The van der Waals surface area contributed by atoms with Gasteiger partial charge in [-0.1, -0.05) is 31.9 Å². The van der Waals surface area contributed by atoms with Gasteiger partial charge in [0.05, 0.1) is 6.61 Å². The first-order valence-electron chi connectivity index (χ1n) is 11.8. The average Bonchev–Trinajstić information content (AvgIpc) is 3.35. The number of ether oxygens (including phenoxy) is 1. The molecule has 2 atom stereocenters. The fourth-order valence-electron chi connectivity index (χ4n) is 5.63. The SMILES string of the molecule is C[C@@H]1CCCC[C@]12NC(=O)N(CC(=O)N1CCN(Cc3ccc4c(c3)CCO4)CC1)C2=O. The van der Waals surface area contributed by atoms with Gasteiger partial charge in [0.25, 0.3) is 5.91 Å². The van der Waals surface area contributed by atoms with Gasteiger partial charge in [-0.05, 0) is 36.0 Å². The molecule has 5 rings (SSSR count). The second kappa shape index (κ2) is 8.39. The number of piperazine rings is 1. The molecular weight excluding hydrogens is 408 g/mol. The maximum Gasteiger partial charge on any atom is 0.325 e. The van der Waals surface area contributed by atoms with Gasteiger partial charge >= 0.3 is 6.03 Å². The molecule has 1 spiro atoms. The first-order chi connectivity index (χ1) is 15.5. The van der Waals surface area contributed by atoms with E-state index in [-0.39, 0.29) is 24.3 Å². The first-order valence-corrected chi connectivity index (χ1v) is 11.8. The zero-order valence-corrected chi connectivity index (χ0v) is 18.8. The topological polar surface area (TPSA) is 82.2 Å². The molecule has 1 N–H and O–H groups in total. The molecule has 4 amide bonds. The number of imide groups is 1. The summed E-state index contributed by atoms with van der Waals surface area (Å²) in [4.78, 5) is 43.9. The molecular formula is C24H32N4O4. The third-order valence-corrected chi connectivity index (χ3v) is 7.68. The van der Waals surface area contributed by atoms with Crippen molar-refractivity contribution in [1.82, 2.24) is 20.0 Å². The number of urea groups is 1. The van der Waals surface area contributed by atoms with Crippen LogP contribution in [0.3, 0.4) is 0 Å². The molecule has 2 saturated heterocycles. The fraction of sp³-hybridized carbons (Fsp3) is 0.625. The van der Waals surface area contributed by atoms with E-state index in [9.17, 15) is 14.4 Å². The molecule has 0 aromatic heterocycles. The molecule has 172 valence electrons. The highest BCUT2D eigenvalue weighted by atomic mass is 16.5. The van der Waals surface area contributed by atoms with Gasteiger partial charge in [-0.25, -0.2) is 4.79 Å². The Labute approximate surface area is 188 Å². The molecule has 8 nitrogen and oxygen atoms in total. The van der Waals surface area contributed by atoms with Crippen molar-refractivity contribution >= 4 is 17.8 Å². The van der Waals surface area contributed by atoms with Gasteiger partial charge in [0, 0.05) is 39.1 Å². The largest absolute Gasteiger partial charge is 0.493 e. The van der Waals surface area contributed by atoms with Crippen LogP contribution in [0, 0.1) is 5.92 Å². The number of nitrogens with zero attached hydrogens (tertiary/aromatic N) is 3. The predicted molar refractivity (Wildman–Crippen MR) is 118 cm³/mol. The number of amides is 4. The third kappa shape index (κ3) is 3.74. The lowest BCUT2D eigenvalue weighted by atomic mass is 9.73. The van der Waals surface area contributed by atoms with E-state index in [1.54, 1.807) is 4.90 Å². The molecule has 32 heavy (non-hydrogen) atoms. The molecule has 1 aromatic carbocycles. The zero-order chi connectivity index (χ0) is 22.3. The molecule has 1 saturated carbocycles. The molecule has 3 aliphatic heterocycles. The van der Waals surface area contributed by atoms with E-state index in [0.29, 0.717) is 19.5 Å². The highest BCUT2D eigenvalue weighted by molar-refractivity contribution is 6.09. The lowest BCUT2D eigenvalue weighted by Gasteiger charge is -2.37. The van der Waals surface area contributed by atoms with Gasteiger partial charge in [0.1, 0.15) is 17.8 Å². The van der Waals surface area contributed by atoms with E-state index in [1.807, 2.05) is 6.92 Å². The molecule has 0 unspecified atom stereocenters. The quantitative estimate of drug-likeness (QED) is 0.722. The summed E-state index contributed by atoms with van der Waals surface area (Å²) in [7, 11) is 0. The summed E-state index contributed by atoms with van der Waals surface area (Å²) in [6.45, 7) is 6.25. The summed E-state index contributed by atoms with van der Waals surface area (Å²) in [5.41, 5.74) is 1.73. The van der Waals surface area contributed by atoms with Crippen molar-refractivity contribution in [3.05, 3.63) is 29.3 Å². The minimum absolute atomic E-state index is 0.0992. The van der Waals surface area contributed by atoms with Gasteiger partial charge in [0.15, 0.2) is 0 Å². The summed E-state index contributed by atoms with van der Waals surface area (Å²) in [5.74, 6) is 0.724. The zero-order valence-electron chi connectivity index (χ0n) is 18.8. The van der Waals surface area contributed by atoms with Crippen LogP contribution in [0.25, 0.3) is 0 Å². The van der Waals surface area contributed by atoms with Gasteiger partial charge in [-0.3, -0.25) is 19.4 Å². The number of hydrogen-bond acceptors (Lipinski definition) is 5. The lowest BCUT2D eigenvalue weighted by molar-refractivity contribution is -0.141. The molecule has 0 bridgehead atoms. The summed E-state index contributed by atoms with van der Waals surface area (Å²) in [6, 6.07) is 5.97. The van der Waals surface area contributed by atoms with Crippen molar-refractivity contribution in [1.29, 1.82) is 0 Å². The fourth-order valence-corrected chi connectivity index (χ4v) is 5.63. The summed E-state index contributed by atoms with van der Waals surface area (Å²) in [6.07, 6.45) is 4.56. The van der Waals surface area contributed by atoms with Crippen LogP contribution in [0.4, 0.5) is 4.79 Å². The van der Waals surface area contributed by atoms with Crippen molar-refractivity contribution in [2.24, 2.45) is 5.92 Å². The molecule has 8 heteroatoms. The molecule has 3 heterocycles. The highest BCUT2D eigenvalue weighted by Crippen LogP contribution is 2.38. The summed E-state index contributed by atoms with van der Waals surface area (Å²) >= 11 is 0. The van der Waals surface area contributed by atoms with Crippen molar-refractivity contribution in [2.45, 2.75) is 51.1 Å². The maximum atomic E-state index is 13.1. The smallest absolute Gasteiger partial charge is 0.325 e. The Morgan fingerprint density at radius 2 is 2.00 bits per heavy atom. The maximum absolute atomic E-state index is 13.1. The average molecular weight is 441 g/mol. The van der Waals surface area contributed by atoms with E-state index < -0.39 is 11.6 Å². The second-order valence-corrected chi connectivity index (χ2v) is 9.64. The molecule has 1 aliphatic carbocycles. The Balaban J connectivity index is 1.15. The molecule has 0 radical (unpaired) electrons. The van der Waals surface area contributed by atoms with E-state index in [4.69, 9.17) is 4.74 Å². The predicted octanol–water partition coefficient (Wildman–Crippen LogP) is 1.77. The van der Waals surface area contributed by atoms with Crippen LogP contribution in [0.1, 0.15) is 43.7 Å². The van der Waals surface area contributed by atoms with E-state index in [2.05, 4.69) is 28.4 Å². The van der Waals surface area contributed by atoms with Gasteiger partial charge in [-0.15, -0.1) is 0 Å². The standard InChI is InChI=1S/C24H32N4O4/c1-17-4-2-3-8-24(17)22(30)28(23(31)25-24)16-21(29)27-11-9-26(10-12-27)15-18-5-6-20-19(14-18)7-13-32-20/h5-6,14,17H,2-4,7-13,15-16H2,1H3,(H,25,31)/t17-,24+/m1/s1. The highest BCUT2D eigenvalue weighted by Gasteiger charge is 2.55. The molecule has 3 fully saturated rings. The Morgan fingerprint density at radius 3 is 2.78 bits per heavy atom. The monoisotopic (exact) mass is 440 g/mol. The van der Waals surface area contributed by atoms with Gasteiger partial charge < -0.3 is 15.0 Å². The van der Waals surface area contributed by atoms with Crippen LogP contribution in [0.2, 0.25) is 0 Å². The Kier molecular flexibility index (Phi) is 5.57. The normalized spacial score (nSPS) is 28.1. The Morgan fingerprint density at radius 1 is 1.19 bits per heavy atom. The van der Waals surface area contributed by atoms with Crippen molar-refractivity contribution < 1.29 is 19.1 Å². The summed E-state index contributed by atoms with van der Waals surface area (Å²) in [5, 5.41) is 2.93. The minimum atomic E-state index is -0.810. The van der Waals surface area contributed by atoms with Gasteiger partial charge in [0.2, 0.25) is 5.91 Å². The number of rotatable bonds is 4. The van der Waals surface area contributed by atoms with E-state index in [1.165, 1.54) is 11.1 Å². The van der Waals surface area contributed by atoms with Crippen LogP contribution in [-0.2, 0) is 22.6 Å². The minimum Gasteiger partial charge on any atom is -0.493 e. The number of nitrogens with one attached hydrogen (secondary N) is 1. The number of fused-ring (bicyclic) bond motifs is 1. The third-order valence-electron chi connectivity index (χ3n) is 7.68. The molecule has 1 aromatic rings. The second-order valence-electron chi connectivity index (χ2n) is 9.64. The number of hydrogen-bond donors (Lipinski definition) is 1. The van der Waals surface area contributed by atoms with Crippen LogP contribution >= 0.6 is 0 Å². The number of carbonyl (C=O) groups is 3. The van der Waals surface area contributed by atoms with Gasteiger partial charge in [-0.2, -0.15) is 0 Å². The summed E-state index contributed by atoms with van der Waals surface area (Å²) < 4.78 is 5.58. The first kappa shape index (κ1) is 21.2. The molecule has 4 aliphatic rings. The van der Waals surface area contributed by atoms with Crippen LogP contribution in [0.5, 0.6) is 5.75 Å². The van der Waals surface area contributed by atoms with Crippen molar-refractivity contribution in [3.8, 4) is 5.75 Å². The number of carbonyl (C=O) groups excluding carboxylic acids is 3.